The highest BCUT2D eigenvalue weighted by Gasteiger charge is 2.20. The van der Waals surface area contributed by atoms with E-state index in [2.05, 4.69) is 20.2 Å². The first-order chi connectivity index (χ1) is 11.6. The third kappa shape index (κ3) is 4.10. The van der Waals surface area contributed by atoms with Gasteiger partial charge in [-0.1, -0.05) is 0 Å². The molecule has 3 rings (SSSR count). The van der Waals surface area contributed by atoms with Gasteiger partial charge in [0.1, 0.15) is 0 Å². The smallest absolute Gasteiger partial charge is 0.224 e. The van der Waals surface area contributed by atoms with Gasteiger partial charge in [0.25, 0.3) is 0 Å². The first-order valence-electron chi connectivity index (χ1n) is 8.44. The van der Waals surface area contributed by atoms with Gasteiger partial charge in [-0.2, -0.15) is 10.2 Å². The van der Waals surface area contributed by atoms with Crippen LogP contribution in [-0.4, -0.2) is 57.0 Å². The fraction of sp³-hybridized carbons (Fsp3) is 0.529. The van der Waals surface area contributed by atoms with Crippen LogP contribution in [0.2, 0.25) is 0 Å². The van der Waals surface area contributed by atoms with Crippen LogP contribution in [0.4, 0.5) is 5.82 Å². The van der Waals surface area contributed by atoms with Gasteiger partial charge in [0, 0.05) is 45.3 Å². The number of rotatable bonds is 4. The molecule has 128 valence electrons. The van der Waals surface area contributed by atoms with Crippen molar-refractivity contribution in [3.63, 3.8) is 0 Å². The molecule has 0 radical (unpaired) electrons. The van der Waals surface area contributed by atoms with Gasteiger partial charge in [-0.3, -0.25) is 9.48 Å². The quantitative estimate of drug-likeness (QED) is 0.849. The number of anilines is 1. The van der Waals surface area contributed by atoms with Crippen LogP contribution in [0.3, 0.4) is 0 Å². The molecule has 0 atom stereocenters. The number of aryl methyl sites for hydroxylation is 3. The van der Waals surface area contributed by atoms with Crippen molar-refractivity contribution in [1.29, 1.82) is 0 Å². The Morgan fingerprint density at radius 1 is 1.12 bits per heavy atom. The Bertz CT molecular complexity index is 681. The van der Waals surface area contributed by atoms with Gasteiger partial charge in [-0.15, -0.1) is 5.10 Å². The molecule has 1 amide bonds. The van der Waals surface area contributed by atoms with Gasteiger partial charge in [-0.05, 0) is 38.0 Å². The summed E-state index contributed by atoms with van der Waals surface area (Å²) in [4.78, 5) is 16.6. The lowest BCUT2D eigenvalue weighted by atomic mass is 10.3. The standard InChI is InChI=1S/C17H24N6O/c1-14-12-18-23(13-14)9-6-17(24)22-8-3-7-21(10-11-22)16-5-4-15(2)19-20-16/h4-5,12-13H,3,6-11H2,1-2H3. The van der Waals surface area contributed by atoms with E-state index in [0.29, 0.717) is 13.0 Å². The van der Waals surface area contributed by atoms with E-state index in [0.717, 1.165) is 49.7 Å². The van der Waals surface area contributed by atoms with Gasteiger partial charge >= 0.3 is 0 Å². The summed E-state index contributed by atoms with van der Waals surface area (Å²) in [6.07, 6.45) is 5.22. The van der Waals surface area contributed by atoms with Crippen molar-refractivity contribution < 1.29 is 4.79 Å². The number of carbonyl (C=O) groups excluding carboxylic acids is 1. The molecule has 1 saturated heterocycles. The minimum atomic E-state index is 0.194. The fourth-order valence-electron chi connectivity index (χ4n) is 2.91. The maximum atomic E-state index is 12.5. The Morgan fingerprint density at radius 2 is 2.00 bits per heavy atom. The van der Waals surface area contributed by atoms with Crippen molar-refractivity contribution in [3.8, 4) is 0 Å². The molecule has 2 aromatic heterocycles. The van der Waals surface area contributed by atoms with Gasteiger partial charge < -0.3 is 9.80 Å². The second kappa shape index (κ2) is 7.42. The van der Waals surface area contributed by atoms with Crippen LogP contribution in [0, 0.1) is 13.8 Å². The molecule has 2 aromatic rings. The highest BCUT2D eigenvalue weighted by atomic mass is 16.2. The molecule has 0 bridgehead atoms. The van der Waals surface area contributed by atoms with Crippen molar-refractivity contribution in [2.75, 3.05) is 31.1 Å². The second-order valence-electron chi connectivity index (χ2n) is 6.29. The number of amides is 1. The van der Waals surface area contributed by atoms with E-state index >= 15 is 0 Å². The topological polar surface area (TPSA) is 67.2 Å². The molecule has 0 aliphatic carbocycles. The van der Waals surface area contributed by atoms with E-state index in [1.54, 1.807) is 0 Å². The Morgan fingerprint density at radius 3 is 2.71 bits per heavy atom. The predicted octanol–water partition coefficient (Wildman–Crippen LogP) is 1.42. The Labute approximate surface area is 142 Å². The summed E-state index contributed by atoms with van der Waals surface area (Å²) in [6, 6.07) is 3.97. The Balaban J connectivity index is 1.52. The minimum absolute atomic E-state index is 0.194. The van der Waals surface area contributed by atoms with E-state index in [-0.39, 0.29) is 5.91 Å². The SMILES string of the molecule is Cc1cnn(CCC(=O)N2CCCN(c3ccc(C)nn3)CC2)c1. The van der Waals surface area contributed by atoms with Crippen molar-refractivity contribution >= 4 is 11.7 Å². The van der Waals surface area contributed by atoms with Gasteiger partial charge in [0.05, 0.1) is 11.9 Å². The number of nitrogens with zero attached hydrogens (tertiary/aromatic N) is 6. The number of aromatic nitrogens is 4. The van der Waals surface area contributed by atoms with Gasteiger partial charge in [0.2, 0.25) is 5.91 Å². The molecule has 0 unspecified atom stereocenters. The van der Waals surface area contributed by atoms with Crippen LogP contribution < -0.4 is 4.90 Å². The molecule has 7 nitrogen and oxygen atoms in total. The van der Waals surface area contributed by atoms with E-state index in [4.69, 9.17) is 0 Å². The summed E-state index contributed by atoms with van der Waals surface area (Å²) in [5.41, 5.74) is 2.03. The summed E-state index contributed by atoms with van der Waals surface area (Å²) in [5.74, 6) is 1.09. The van der Waals surface area contributed by atoms with E-state index in [1.807, 2.05) is 48.0 Å². The molecule has 0 N–H and O–H groups in total. The number of hydrogen-bond acceptors (Lipinski definition) is 5. The molecule has 0 saturated carbocycles. The van der Waals surface area contributed by atoms with Crippen LogP contribution >= 0.6 is 0 Å². The zero-order valence-corrected chi connectivity index (χ0v) is 14.4. The van der Waals surface area contributed by atoms with Crippen LogP contribution in [-0.2, 0) is 11.3 Å². The molecule has 24 heavy (non-hydrogen) atoms. The number of hydrogen-bond donors (Lipinski definition) is 0. The molecule has 7 heteroatoms. The Kier molecular flexibility index (Phi) is 5.08. The molecule has 0 aromatic carbocycles. The monoisotopic (exact) mass is 328 g/mol. The third-order valence-corrected chi connectivity index (χ3v) is 4.27. The molecular weight excluding hydrogens is 304 g/mol. The summed E-state index contributed by atoms with van der Waals surface area (Å²) >= 11 is 0. The number of carbonyl (C=O) groups is 1. The van der Waals surface area contributed by atoms with Gasteiger partial charge in [0.15, 0.2) is 5.82 Å². The molecule has 1 fully saturated rings. The van der Waals surface area contributed by atoms with E-state index in [9.17, 15) is 4.79 Å². The van der Waals surface area contributed by atoms with Crippen LogP contribution in [0.1, 0.15) is 24.1 Å². The highest BCUT2D eigenvalue weighted by molar-refractivity contribution is 5.76. The summed E-state index contributed by atoms with van der Waals surface area (Å²) in [6.45, 7) is 7.79. The summed E-state index contributed by atoms with van der Waals surface area (Å²) in [7, 11) is 0. The summed E-state index contributed by atoms with van der Waals surface area (Å²) < 4.78 is 1.83. The predicted molar refractivity (Wildman–Crippen MR) is 91.8 cm³/mol. The van der Waals surface area contributed by atoms with Crippen LogP contribution in [0.25, 0.3) is 0 Å². The zero-order valence-electron chi connectivity index (χ0n) is 14.4. The lowest BCUT2D eigenvalue weighted by Gasteiger charge is -2.22. The third-order valence-electron chi connectivity index (χ3n) is 4.27. The van der Waals surface area contributed by atoms with E-state index < -0.39 is 0 Å². The normalized spacial score (nSPS) is 15.4. The van der Waals surface area contributed by atoms with Crippen molar-refractivity contribution in [2.45, 2.75) is 33.2 Å². The van der Waals surface area contributed by atoms with Crippen LogP contribution in [0.15, 0.2) is 24.5 Å². The summed E-state index contributed by atoms with van der Waals surface area (Å²) in [5, 5.41) is 12.6. The van der Waals surface area contributed by atoms with Crippen LogP contribution in [0.5, 0.6) is 0 Å². The second-order valence-corrected chi connectivity index (χ2v) is 6.29. The highest BCUT2D eigenvalue weighted by Crippen LogP contribution is 2.13. The fourth-order valence-corrected chi connectivity index (χ4v) is 2.91. The lowest BCUT2D eigenvalue weighted by Crippen LogP contribution is -2.35. The van der Waals surface area contributed by atoms with Gasteiger partial charge in [-0.25, -0.2) is 0 Å². The van der Waals surface area contributed by atoms with Crippen molar-refractivity contribution in [2.24, 2.45) is 0 Å². The first-order valence-corrected chi connectivity index (χ1v) is 8.44. The molecule has 1 aliphatic heterocycles. The maximum absolute atomic E-state index is 12.5. The minimum Gasteiger partial charge on any atom is -0.353 e. The first kappa shape index (κ1) is 16.4. The maximum Gasteiger partial charge on any atom is 0.224 e. The lowest BCUT2D eigenvalue weighted by molar-refractivity contribution is -0.131. The van der Waals surface area contributed by atoms with E-state index in [1.165, 1.54) is 0 Å². The molecule has 3 heterocycles. The molecule has 0 spiro atoms. The zero-order chi connectivity index (χ0) is 16.9. The Hall–Kier alpha value is -2.44. The molecule has 1 aliphatic rings. The average molecular weight is 328 g/mol. The largest absolute Gasteiger partial charge is 0.353 e. The molecular formula is C17H24N6O. The average Bonchev–Trinajstić information content (AvgIpc) is 2.84. The van der Waals surface area contributed by atoms with Crippen molar-refractivity contribution in [3.05, 3.63) is 35.8 Å². The van der Waals surface area contributed by atoms with Crippen molar-refractivity contribution in [1.82, 2.24) is 24.9 Å².